The van der Waals surface area contributed by atoms with Gasteiger partial charge < -0.3 is 10.1 Å². The number of hydrogen-bond donors (Lipinski definition) is 1. The topological polar surface area (TPSA) is 42.9 Å². The lowest BCUT2D eigenvalue weighted by atomic mass is 9.84. The van der Waals surface area contributed by atoms with Gasteiger partial charge in [-0.25, -0.2) is 0 Å². The van der Waals surface area contributed by atoms with Gasteiger partial charge in [-0.15, -0.1) is 0 Å². The molecule has 3 nitrogen and oxygen atoms in total. The third-order valence-electron chi connectivity index (χ3n) is 4.06. The van der Waals surface area contributed by atoms with Crippen LogP contribution in [-0.2, 0) is 9.53 Å². The average molecular weight is 291 g/mol. The lowest BCUT2D eigenvalue weighted by Crippen LogP contribution is -2.90. The van der Waals surface area contributed by atoms with Crippen molar-refractivity contribution in [2.75, 3.05) is 6.54 Å². The van der Waals surface area contributed by atoms with Gasteiger partial charge in [0.15, 0.2) is 0 Å². The average Bonchev–Trinajstić information content (AvgIpc) is 2.77. The molecule has 1 aliphatic heterocycles. The van der Waals surface area contributed by atoms with E-state index in [-0.39, 0.29) is 16.4 Å². The summed E-state index contributed by atoms with van der Waals surface area (Å²) in [6, 6.07) is 0.665. The van der Waals surface area contributed by atoms with Crippen molar-refractivity contribution in [1.29, 1.82) is 0 Å². The summed E-state index contributed by atoms with van der Waals surface area (Å²) in [5.74, 6) is 1.21. The van der Waals surface area contributed by atoms with Crippen LogP contribution in [0.2, 0.25) is 0 Å². The van der Waals surface area contributed by atoms with Gasteiger partial charge in [-0.3, -0.25) is 4.79 Å². The summed E-state index contributed by atoms with van der Waals surface area (Å²) in [4.78, 5) is 11.4. The second-order valence-electron chi connectivity index (χ2n) is 5.72. The van der Waals surface area contributed by atoms with Crippen LogP contribution < -0.4 is 5.32 Å². The maximum Gasteiger partial charge on any atom is 0.319 e. The molecule has 0 aromatic rings. The molecule has 1 saturated heterocycles. The molecule has 0 spiro atoms. The smallest absolute Gasteiger partial charge is 0.319 e. The van der Waals surface area contributed by atoms with Gasteiger partial charge in [-0.05, 0) is 27.2 Å². The SMILES string of the molecule is CC(Br)C(=O)OC(C)(C)C1CC2C[NH2+]C1C2. The molecule has 92 valence electrons. The van der Waals surface area contributed by atoms with Gasteiger partial charge >= 0.3 is 5.97 Å². The van der Waals surface area contributed by atoms with Crippen LogP contribution in [0, 0.1) is 11.8 Å². The van der Waals surface area contributed by atoms with Crippen LogP contribution >= 0.6 is 15.9 Å². The highest BCUT2D eigenvalue weighted by Crippen LogP contribution is 2.40. The Hall–Kier alpha value is -0.0900. The molecule has 2 N–H and O–H groups in total. The first-order chi connectivity index (χ1) is 7.40. The van der Waals surface area contributed by atoms with Gasteiger partial charge in [0.1, 0.15) is 10.4 Å². The largest absolute Gasteiger partial charge is 0.458 e. The molecule has 16 heavy (non-hydrogen) atoms. The van der Waals surface area contributed by atoms with Gasteiger partial charge in [-0.1, -0.05) is 15.9 Å². The van der Waals surface area contributed by atoms with Crippen molar-refractivity contribution in [2.24, 2.45) is 11.8 Å². The first-order valence-electron chi connectivity index (χ1n) is 6.10. The van der Waals surface area contributed by atoms with Crippen LogP contribution in [-0.4, -0.2) is 29.0 Å². The zero-order valence-electron chi connectivity index (χ0n) is 10.2. The second kappa shape index (κ2) is 4.30. The number of carbonyl (C=O) groups excluding carboxylic acids is 1. The van der Waals surface area contributed by atoms with Gasteiger partial charge in [0.25, 0.3) is 0 Å². The zero-order valence-corrected chi connectivity index (χ0v) is 11.8. The van der Waals surface area contributed by atoms with Gasteiger partial charge in [0, 0.05) is 12.3 Å². The summed E-state index contributed by atoms with van der Waals surface area (Å²) in [6.45, 7) is 7.18. The highest BCUT2D eigenvalue weighted by molar-refractivity contribution is 9.10. The fraction of sp³-hybridized carbons (Fsp3) is 0.917. The number of halogens is 1. The Labute approximate surface area is 105 Å². The van der Waals surface area contributed by atoms with Crippen LogP contribution in [0.3, 0.4) is 0 Å². The molecule has 2 bridgehead atoms. The number of esters is 1. The monoisotopic (exact) mass is 290 g/mol. The fourth-order valence-electron chi connectivity index (χ4n) is 3.21. The minimum atomic E-state index is -0.324. The second-order valence-corrected chi connectivity index (χ2v) is 7.09. The number of quaternary nitrogens is 1. The number of alkyl halides is 1. The predicted molar refractivity (Wildman–Crippen MR) is 65.4 cm³/mol. The molecule has 0 aromatic heterocycles. The van der Waals surface area contributed by atoms with Crippen molar-refractivity contribution in [1.82, 2.24) is 0 Å². The van der Waals surface area contributed by atoms with E-state index in [0.29, 0.717) is 12.0 Å². The van der Waals surface area contributed by atoms with Crippen LogP contribution in [0.5, 0.6) is 0 Å². The molecule has 1 saturated carbocycles. The summed E-state index contributed by atoms with van der Waals surface area (Å²) in [7, 11) is 0. The van der Waals surface area contributed by atoms with Crippen LogP contribution in [0.25, 0.3) is 0 Å². The molecule has 4 heteroatoms. The lowest BCUT2D eigenvalue weighted by molar-refractivity contribution is -0.687. The molecule has 1 heterocycles. The number of rotatable bonds is 3. The molecule has 2 fully saturated rings. The molecule has 4 unspecified atom stereocenters. The first kappa shape index (κ1) is 12.4. The number of piperidine rings is 1. The highest BCUT2D eigenvalue weighted by atomic mass is 79.9. The fourth-order valence-corrected chi connectivity index (χ4v) is 3.31. The third-order valence-corrected chi connectivity index (χ3v) is 4.44. The Balaban J connectivity index is 1.99. The Morgan fingerprint density at radius 2 is 2.19 bits per heavy atom. The first-order valence-corrected chi connectivity index (χ1v) is 7.02. The molecule has 1 aliphatic carbocycles. The van der Waals surface area contributed by atoms with E-state index in [9.17, 15) is 4.79 Å². The van der Waals surface area contributed by atoms with Gasteiger partial charge in [-0.2, -0.15) is 0 Å². The quantitative estimate of drug-likeness (QED) is 0.624. The van der Waals surface area contributed by atoms with Crippen LogP contribution in [0.4, 0.5) is 0 Å². The van der Waals surface area contributed by atoms with E-state index >= 15 is 0 Å². The maximum absolute atomic E-state index is 11.6. The minimum Gasteiger partial charge on any atom is -0.458 e. The van der Waals surface area contributed by atoms with Crippen molar-refractivity contribution >= 4 is 21.9 Å². The number of carbonyl (C=O) groups is 1. The molecule has 2 aliphatic rings. The highest BCUT2D eigenvalue weighted by Gasteiger charge is 2.51. The van der Waals surface area contributed by atoms with E-state index in [1.54, 1.807) is 0 Å². The van der Waals surface area contributed by atoms with Crippen molar-refractivity contribution in [3.05, 3.63) is 0 Å². The molecular formula is C12H21BrNO2+. The Bertz CT molecular complexity index is 291. The number of hydrogen-bond acceptors (Lipinski definition) is 2. The summed E-state index contributed by atoms with van der Waals surface area (Å²) in [5.41, 5.74) is -0.324. The number of nitrogens with two attached hydrogens (primary N) is 1. The molecule has 0 aromatic carbocycles. The van der Waals surface area contributed by atoms with Crippen molar-refractivity contribution < 1.29 is 14.8 Å². The van der Waals surface area contributed by atoms with E-state index in [2.05, 4.69) is 35.1 Å². The van der Waals surface area contributed by atoms with Crippen molar-refractivity contribution in [3.8, 4) is 0 Å². The summed E-state index contributed by atoms with van der Waals surface area (Å²) in [5, 5.41) is 2.42. The summed E-state index contributed by atoms with van der Waals surface area (Å²) in [6.07, 6.45) is 2.52. The lowest BCUT2D eigenvalue weighted by Gasteiger charge is -2.35. The van der Waals surface area contributed by atoms with E-state index in [0.717, 1.165) is 5.92 Å². The summed E-state index contributed by atoms with van der Waals surface area (Å²) >= 11 is 3.26. The van der Waals surface area contributed by atoms with E-state index in [4.69, 9.17) is 4.74 Å². The molecular weight excluding hydrogens is 270 g/mol. The van der Waals surface area contributed by atoms with E-state index < -0.39 is 0 Å². The predicted octanol–water partition coefficient (Wildman–Crippen LogP) is 1.06. The van der Waals surface area contributed by atoms with Crippen molar-refractivity contribution in [3.63, 3.8) is 0 Å². The van der Waals surface area contributed by atoms with E-state index in [1.807, 2.05) is 6.92 Å². The maximum atomic E-state index is 11.6. The Kier molecular flexibility index (Phi) is 3.32. The zero-order chi connectivity index (χ0) is 11.9. The molecule has 2 rings (SSSR count). The van der Waals surface area contributed by atoms with Crippen molar-refractivity contribution in [2.45, 2.75) is 50.1 Å². The van der Waals surface area contributed by atoms with E-state index in [1.165, 1.54) is 19.4 Å². The van der Waals surface area contributed by atoms with Gasteiger partial charge in [0.05, 0.1) is 18.5 Å². The minimum absolute atomic E-state index is 0.146. The Morgan fingerprint density at radius 3 is 2.62 bits per heavy atom. The Morgan fingerprint density at radius 1 is 1.50 bits per heavy atom. The number of fused-ring (bicyclic) bond motifs is 2. The summed E-state index contributed by atoms with van der Waals surface area (Å²) < 4.78 is 5.63. The third kappa shape index (κ3) is 2.28. The molecule has 0 radical (unpaired) electrons. The van der Waals surface area contributed by atoms with Gasteiger partial charge in [0.2, 0.25) is 0 Å². The normalized spacial score (nSPS) is 35.1. The molecule has 0 amide bonds. The number of ether oxygens (including phenoxy) is 1. The standard InChI is InChI=1S/C12H20BrNO2/c1-7(13)11(15)16-12(2,3)9-4-8-5-10(9)14-6-8/h7-10,14H,4-6H2,1-3H3/p+1. The van der Waals surface area contributed by atoms with Crippen LogP contribution in [0.1, 0.15) is 33.6 Å². The molecule has 4 atom stereocenters. The van der Waals surface area contributed by atoms with Crippen LogP contribution in [0.15, 0.2) is 0 Å².